The lowest BCUT2D eigenvalue weighted by Crippen LogP contribution is -1.87. The summed E-state index contributed by atoms with van der Waals surface area (Å²) in [5, 5.41) is 2.92. The van der Waals surface area contributed by atoms with E-state index in [-0.39, 0.29) is 0 Å². The van der Waals surface area contributed by atoms with Gasteiger partial charge in [0.05, 0.1) is 0 Å². The van der Waals surface area contributed by atoms with Gasteiger partial charge < -0.3 is 5.32 Å². The van der Waals surface area contributed by atoms with Crippen molar-refractivity contribution in [2.75, 3.05) is 0 Å². The Morgan fingerprint density at radius 3 is 1.36 bits per heavy atom. The summed E-state index contributed by atoms with van der Waals surface area (Å²) in [6, 6.07) is 0. The van der Waals surface area contributed by atoms with Gasteiger partial charge in [0, 0.05) is 12.4 Å². The zero-order valence-electron chi connectivity index (χ0n) is 7.96. The van der Waals surface area contributed by atoms with E-state index >= 15 is 0 Å². The molecular formula is C10H19N. The van der Waals surface area contributed by atoms with Crippen molar-refractivity contribution in [3.8, 4) is 0 Å². The third-order valence-electron chi connectivity index (χ3n) is 0.718. The normalized spacial score (nSPS) is 11.3. The number of allylic oxidation sites excluding steroid dienone is 4. The van der Waals surface area contributed by atoms with Gasteiger partial charge in [0.2, 0.25) is 0 Å². The Hall–Kier alpha value is -0.980. The topological polar surface area (TPSA) is 12.0 Å². The molecule has 64 valence electrons. The lowest BCUT2D eigenvalue weighted by molar-refractivity contribution is 1.20. The summed E-state index contributed by atoms with van der Waals surface area (Å²) in [5.41, 5.74) is 0. The molecule has 0 aromatic rings. The van der Waals surface area contributed by atoms with Gasteiger partial charge in [0.1, 0.15) is 0 Å². The van der Waals surface area contributed by atoms with Crippen LogP contribution in [-0.2, 0) is 0 Å². The molecule has 11 heavy (non-hydrogen) atoms. The highest BCUT2D eigenvalue weighted by atomic mass is 14.8. The zero-order chi connectivity index (χ0) is 8.95. The van der Waals surface area contributed by atoms with Gasteiger partial charge in [-0.3, -0.25) is 0 Å². The molecule has 1 rings (SSSR count). The van der Waals surface area contributed by atoms with Gasteiger partial charge in [0.25, 0.3) is 0 Å². The summed E-state index contributed by atoms with van der Waals surface area (Å²) >= 11 is 0. The highest BCUT2D eigenvalue weighted by Gasteiger charge is 1.67. The lowest BCUT2D eigenvalue weighted by Gasteiger charge is -1.79. The number of hydrogen-bond donors (Lipinski definition) is 1. The first-order valence-electron chi connectivity index (χ1n) is 4.24. The Morgan fingerprint density at radius 2 is 1.00 bits per heavy atom. The molecule has 0 saturated carbocycles. The first-order chi connectivity index (χ1) is 5.50. The second-order valence-corrected chi connectivity index (χ2v) is 1.27. The fraction of sp³-hybridized carbons (Fsp3) is 0.400. The molecule has 0 aliphatic carbocycles. The average molecular weight is 153 g/mol. The Balaban J connectivity index is 0. The van der Waals surface area contributed by atoms with Gasteiger partial charge in [-0.15, -0.1) is 0 Å². The molecule has 0 aromatic carbocycles. The Morgan fingerprint density at radius 1 is 0.636 bits per heavy atom. The van der Waals surface area contributed by atoms with E-state index in [0.29, 0.717) is 0 Å². The molecule has 0 saturated heterocycles. The van der Waals surface area contributed by atoms with Gasteiger partial charge >= 0.3 is 0 Å². The number of hydrogen-bond acceptors (Lipinski definition) is 1. The SMILES string of the molecule is C1=CC=CNC=C1.CC.CC. The van der Waals surface area contributed by atoms with E-state index < -0.39 is 0 Å². The van der Waals surface area contributed by atoms with Crippen molar-refractivity contribution >= 4 is 0 Å². The van der Waals surface area contributed by atoms with Crippen molar-refractivity contribution in [2.45, 2.75) is 27.7 Å². The van der Waals surface area contributed by atoms with Crippen LogP contribution in [0.25, 0.3) is 0 Å². The first-order valence-corrected chi connectivity index (χ1v) is 4.24. The Bertz CT molecular complexity index is 107. The van der Waals surface area contributed by atoms with Crippen molar-refractivity contribution in [3.63, 3.8) is 0 Å². The van der Waals surface area contributed by atoms with Crippen molar-refractivity contribution in [1.82, 2.24) is 5.32 Å². The first kappa shape index (κ1) is 12.7. The molecular weight excluding hydrogens is 134 g/mol. The largest absolute Gasteiger partial charge is 0.368 e. The second kappa shape index (κ2) is 16.0. The molecule has 1 aliphatic heterocycles. The summed E-state index contributed by atoms with van der Waals surface area (Å²) in [7, 11) is 0. The molecule has 1 nitrogen and oxygen atoms in total. The predicted molar refractivity (Wildman–Crippen MR) is 53.3 cm³/mol. The van der Waals surface area contributed by atoms with E-state index in [9.17, 15) is 0 Å². The Kier molecular flexibility index (Phi) is 18.4. The van der Waals surface area contributed by atoms with E-state index in [0.717, 1.165) is 0 Å². The molecule has 1 heteroatoms. The molecule has 0 spiro atoms. The molecule has 1 heterocycles. The van der Waals surface area contributed by atoms with Gasteiger partial charge in [-0.25, -0.2) is 0 Å². The van der Waals surface area contributed by atoms with Crippen molar-refractivity contribution in [3.05, 3.63) is 36.7 Å². The van der Waals surface area contributed by atoms with E-state index in [2.05, 4.69) is 5.32 Å². The minimum Gasteiger partial charge on any atom is -0.368 e. The smallest absolute Gasteiger partial charge is 0.000442 e. The highest BCUT2D eigenvalue weighted by molar-refractivity contribution is 5.14. The summed E-state index contributed by atoms with van der Waals surface area (Å²) in [5.74, 6) is 0. The highest BCUT2D eigenvalue weighted by Crippen LogP contribution is 1.81. The quantitative estimate of drug-likeness (QED) is 0.563. The molecule has 0 fully saturated rings. The molecule has 1 aliphatic rings. The monoisotopic (exact) mass is 153 g/mol. The van der Waals surface area contributed by atoms with Crippen LogP contribution in [0.5, 0.6) is 0 Å². The van der Waals surface area contributed by atoms with Gasteiger partial charge in [-0.05, 0) is 12.2 Å². The van der Waals surface area contributed by atoms with Crippen molar-refractivity contribution in [2.24, 2.45) is 0 Å². The van der Waals surface area contributed by atoms with Crippen LogP contribution in [0.3, 0.4) is 0 Å². The lowest BCUT2D eigenvalue weighted by atomic mass is 10.5. The van der Waals surface area contributed by atoms with Crippen molar-refractivity contribution in [1.29, 1.82) is 0 Å². The van der Waals surface area contributed by atoms with Crippen LogP contribution in [0.2, 0.25) is 0 Å². The van der Waals surface area contributed by atoms with Crippen LogP contribution >= 0.6 is 0 Å². The third-order valence-corrected chi connectivity index (χ3v) is 0.718. The van der Waals surface area contributed by atoms with Crippen LogP contribution in [0.1, 0.15) is 27.7 Å². The summed E-state index contributed by atoms with van der Waals surface area (Å²) in [6.45, 7) is 8.00. The second-order valence-electron chi connectivity index (χ2n) is 1.27. The van der Waals surface area contributed by atoms with Crippen LogP contribution in [0.15, 0.2) is 36.7 Å². The fourth-order valence-electron chi connectivity index (χ4n) is 0.406. The minimum atomic E-state index is 1.88. The van der Waals surface area contributed by atoms with Crippen LogP contribution < -0.4 is 5.32 Å². The maximum Gasteiger partial charge on any atom is 0.000442 e. The van der Waals surface area contributed by atoms with E-state index in [1.165, 1.54) is 0 Å². The predicted octanol–water partition coefficient (Wildman–Crippen LogP) is 3.23. The van der Waals surface area contributed by atoms with Crippen molar-refractivity contribution < 1.29 is 0 Å². The minimum absolute atomic E-state index is 1.88. The molecule has 0 bridgehead atoms. The average Bonchev–Trinajstić information content (AvgIpc) is 2.42. The van der Waals surface area contributed by atoms with E-state index in [4.69, 9.17) is 0 Å². The van der Waals surface area contributed by atoms with E-state index in [1.807, 2.05) is 64.4 Å². The number of nitrogens with one attached hydrogen (secondary N) is 1. The molecule has 0 unspecified atom stereocenters. The summed E-state index contributed by atoms with van der Waals surface area (Å²) < 4.78 is 0. The molecule has 0 amide bonds. The van der Waals surface area contributed by atoms with E-state index in [1.54, 1.807) is 0 Å². The zero-order valence-corrected chi connectivity index (χ0v) is 7.96. The molecule has 0 aromatic heterocycles. The Labute approximate surface area is 70.5 Å². The van der Waals surface area contributed by atoms with Gasteiger partial charge in [-0.2, -0.15) is 0 Å². The molecule has 0 radical (unpaired) electrons. The van der Waals surface area contributed by atoms with Gasteiger partial charge in [-0.1, -0.05) is 39.8 Å². The maximum atomic E-state index is 2.92. The third kappa shape index (κ3) is 12.3. The maximum absolute atomic E-state index is 2.92. The van der Waals surface area contributed by atoms with Gasteiger partial charge in [0.15, 0.2) is 0 Å². The van der Waals surface area contributed by atoms with Crippen LogP contribution in [-0.4, -0.2) is 0 Å². The van der Waals surface area contributed by atoms with Crippen LogP contribution in [0.4, 0.5) is 0 Å². The summed E-state index contributed by atoms with van der Waals surface area (Å²) in [6.07, 6.45) is 11.6. The number of rotatable bonds is 0. The van der Waals surface area contributed by atoms with Crippen LogP contribution in [0, 0.1) is 0 Å². The summed E-state index contributed by atoms with van der Waals surface area (Å²) in [4.78, 5) is 0. The molecule has 0 atom stereocenters. The fourth-order valence-corrected chi connectivity index (χ4v) is 0.406. The standard InChI is InChI=1S/C6H7N.2C2H6/c1-2-4-6-7-5-3-1;2*1-2/h1-7H;2*1-2H3. The molecule has 1 N–H and O–H groups in total.